The molecule has 0 fully saturated rings. The van der Waals surface area contributed by atoms with E-state index >= 15 is 0 Å². The van der Waals surface area contributed by atoms with Gasteiger partial charge in [0.05, 0.1) is 0 Å². The third kappa shape index (κ3) is 3.48. The molecule has 0 aliphatic carbocycles. The summed E-state index contributed by atoms with van der Waals surface area (Å²) in [5.74, 6) is -1.32. The maximum absolute atomic E-state index is 10.3. The van der Waals surface area contributed by atoms with E-state index in [2.05, 4.69) is 21.3 Å². The van der Waals surface area contributed by atoms with Gasteiger partial charge in [-0.1, -0.05) is 0 Å². The van der Waals surface area contributed by atoms with Crippen LogP contribution in [0.1, 0.15) is 6.92 Å². The molecule has 4 nitrogen and oxygen atoms in total. The molecule has 5 heteroatoms. The molecule has 2 N–H and O–H groups in total. The SMILES string of the molecule is CC(=O)N[C@@H](C[SeH])C(=O)O. The van der Waals surface area contributed by atoms with Crippen LogP contribution in [0.2, 0.25) is 5.32 Å². The fourth-order valence-corrected chi connectivity index (χ4v) is 0.950. The van der Waals surface area contributed by atoms with Gasteiger partial charge in [-0.15, -0.1) is 0 Å². The molecule has 0 bridgehead atoms. The number of rotatable bonds is 3. The predicted molar refractivity (Wildman–Crippen MR) is 37.2 cm³/mol. The summed E-state index contributed by atoms with van der Waals surface area (Å²) in [7, 11) is 0. The van der Waals surface area contributed by atoms with Gasteiger partial charge in [0.15, 0.2) is 0 Å². The van der Waals surface area contributed by atoms with E-state index in [1.165, 1.54) is 6.92 Å². The van der Waals surface area contributed by atoms with Crippen molar-refractivity contribution in [1.29, 1.82) is 0 Å². The topological polar surface area (TPSA) is 66.4 Å². The van der Waals surface area contributed by atoms with Gasteiger partial charge in [-0.3, -0.25) is 0 Å². The van der Waals surface area contributed by atoms with Gasteiger partial charge in [-0.05, 0) is 0 Å². The first-order valence-electron chi connectivity index (χ1n) is 2.68. The average Bonchev–Trinajstić information content (AvgIpc) is 1.81. The Bertz CT molecular complexity index is 148. The molecule has 0 radical (unpaired) electrons. The molecule has 10 heavy (non-hydrogen) atoms. The van der Waals surface area contributed by atoms with E-state index in [1.807, 2.05) is 0 Å². The molecule has 1 atom stereocenters. The van der Waals surface area contributed by atoms with Crippen molar-refractivity contribution in [3.8, 4) is 0 Å². The first kappa shape index (κ1) is 9.46. The third-order valence-corrected chi connectivity index (χ3v) is 1.62. The van der Waals surface area contributed by atoms with Crippen LogP contribution >= 0.6 is 0 Å². The minimum absolute atomic E-state index is 0.321. The quantitative estimate of drug-likeness (QED) is 0.581. The summed E-state index contributed by atoms with van der Waals surface area (Å²) in [4.78, 5) is 20.6. The summed E-state index contributed by atoms with van der Waals surface area (Å²) in [5, 5.41) is 11.0. The number of hydrogen-bond acceptors (Lipinski definition) is 2. The molecule has 0 aromatic rings. The molecule has 0 aromatic heterocycles. The molecule has 0 aromatic carbocycles. The standard InChI is InChI=1S/C5H9NO3Se/c1-3(7)6-4(2-10)5(8)9/h4,10H,2H2,1H3,(H,6,7)(H,8,9)/t4-/m0/s1. The van der Waals surface area contributed by atoms with Gasteiger partial charge in [-0.25, -0.2) is 0 Å². The summed E-state index contributed by atoms with van der Waals surface area (Å²) < 4.78 is 0. The molecule has 58 valence electrons. The van der Waals surface area contributed by atoms with Crippen LogP contribution in [0.25, 0.3) is 0 Å². The second-order valence-electron chi connectivity index (χ2n) is 1.77. The van der Waals surface area contributed by atoms with Gasteiger partial charge in [0.1, 0.15) is 0 Å². The first-order valence-corrected chi connectivity index (χ1v) is 4.01. The molecule has 0 aliphatic rings. The average molecular weight is 210 g/mol. The summed E-state index contributed by atoms with van der Waals surface area (Å²) in [6, 6.07) is -0.766. The van der Waals surface area contributed by atoms with Gasteiger partial charge < -0.3 is 0 Å². The van der Waals surface area contributed by atoms with Crippen molar-refractivity contribution in [3.05, 3.63) is 0 Å². The van der Waals surface area contributed by atoms with Crippen molar-refractivity contribution in [2.45, 2.75) is 18.3 Å². The van der Waals surface area contributed by atoms with Crippen LogP contribution in [-0.4, -0.2) is 39.0 Å². The second-order valence-corrected chi connectivity index (χ2v) is 2.54. The second kappa shape index (κ2) is 4.30. The van der Waals surface area contributed by atoms with Crippen molar-refractivity contribution in [2.24, 2.45) is 0 Å². The van der Waals surface area contributed by atoms with Gasteiger partial charge in [0.25, 0.3) is 0 Å². The predicted octanol–water partition coefficient (Wildman–Crippen LogP) is -1.11. The first-order chi connectivity index (χ1) is 4.57. The van der Waals surface area contributed by atoms with E-state index in [0.717, 1.165) is 0 Å². The Hall–Kier alpha value is -0.541. The zero-order valence-electron chi connectivity index (χ0n) is 5.50. The van der Waals surface area contributed by atoms with Crippen molar-refractivity contribution in [2.75, 3.05) is 0 Å². The Balaban J connectivity index is 3.83. The summed E-state index contributed by atoms with van der Waals surface area (Å²) in [5.41, 5.74) is 0. The van der Waals surface area contributed by atoms with Crippen LogP contribution in [0, 0.1) is 0 Å². The number of carbonyl (C=O) groups excluding carboxylic acids is 1. The Morgan fingerprint density at radius 3 is 2.30 bits per heavy atom. The fraction of sp³-hybridized carbons (Fsp3) is 0.600. The molecular weight excluding hydrogens is 201 g/mol. The molecule has 0 rings (SSSR count). The summed E-state index contributed by atoms with van der Waals surface area (Å²) >= 11 is 2.12. The molecule has 0 aliphatic heterocycles. The molecule has 0 saturated carbocycles. The van der Waals surface area contributed by atoms with E-state index in [0.29, 0.717) is 5.32 Å². The van der Waals surface area contributed by atoms with Crippen molar-refractivity contribution in [3.63, 3.8) is 0 Å². The molecule has 1 amide bonds. The number of carboxylic acids is 1. The van der Waals surface area contributed by atoms with E-state index in [4.69, 9.17) is 5.11 Å². The van der Waals surface area contributed by atoms with Crippen molar-refractivity contribution in [1.82, 2.24) is 5.32 Å². The molecule has 0 spiro atoms. The third-order valence-electron chi connectivity index (χ3n) is 0.858. The number of carbonyl (C=O) groups is 2. The zero-order chi connectivity index (χ0) is 8.15. The van der Waals surface area contributed by atoms with Crippen LogP contribution < -0.4 is 5.32 Å². The zero-order valence-corrected chi connectivity index (χ0v) is 7.37. The fourth-order valence-electron chi connectivity index (χ4n) is 0.431. The Kier molecular flexibility index (Phi) is 4.07. The van der Waals surface area contributed by atoms with Crippen molar-refractivity contribution >= 4 is 27.9 Å². The Morgan fingerprint density at radius 1 is 1.70 bits per heavy atom. The Labute approximate surface area is 66.8 Å². The van der Waals surface area contributed by atoms with Gasteiger partial charge >= 0.3 is 66.2 Å². The number of aliphatic carboxylic acids is 1. The van der Waals surface area contributed by atoms with Crippen LogP contribution in [0.15, 0.2) is 0 Å². The van der Waals surface area contributed by atoms with Crippen LogP contribution in [0.3, 0.4) is 0 Å². The van der Waals surface area contributed by atoms with E-state index < -0.39 is 12.0 Å². The van der Waals surface area contributed by atoms with Crippen molar-refractivity contribution < 1.29 is 14.7 Å². The van der Waals surface area contributed by atoms with E-state index in [-0.39, 0.29) is 5.91 Å². The molecule has 0 heterocycles. The van der Waals surface area contributed by atoms with E-state index in [9.17, 15) is 9.59 Å². The summed E-state index contributed by atoms with van der Waals surface area (Å²) in [6.45, 7) is 1.29. The molecule has 0 saturated heterocycles. The molecule has 0 unspecified atom stereocenters. The number of carboxylic acid groups (broad SMARTS) is 1. The van der Waals surface area contributed by atoms with Crippen LogP contribution in [0.5, 0.6) is 0 Å². The normalized spacial score (nSPS) is 12.2. The summed E-state index contributed by atoms with van der Waals surface area (Å²) in [6.07, 6.45) is 0. The number of amides is 1. The van der Waals surface area contributed by atoms with Gasteiger partial charge in [0.2, 0.25) is 0 Å². The monoisotopic (exact) mass is 211 g/mol. The van der Waals surface area contributed by atoms with Crippen LogP contribution in [-0.2, 0) is 9.59 Å². The van der Waals surface area contributed by atoms with Gasteiger partial charge in [-0.2, -0.15) is 0 Å². The molecular formula is C5H9NO3Se. The van der Waals surface area contributed by atoms with Crippen LogP contribution in [0.4, 0.5) is 0 Å². The van der Waals surface area contributed by atoms with Gasteiger partial charge in [0, 0.05) is 0 Å². The number of hydrogen-bond donors (Lipinski definition) is 2. The number of nitrogens with one attached hydrogen (secondary N) is 1. The maximum atomic E-state index is 10.3. The Morgan fingerprint density at radius 2 is 2.20 bits per heavy atom. The minimum atomic E-state index is -1.00. The van der Waals surface area contributed by atoms with E-state index in [1.54, 1.807) is 0 Å².